The molecule has 16 heavy (non-hydrogen) atoms. The van der Waals surface area contributed by atoms with Crippen LogP contribution in [0.3, 0.4) is 0 Å². The molecule has 0 bridgehead atoms. The summed E-state index contributed by atoms with van der Waals surface area (Å²) in [6.45, 7) is 6.87. The van der Waals surface area contributed by atoms with E-state index in [1.807, 2.05) is 0 Å². The van der Waals surface area contributed by atoms with Gasteiger partial charge >= 0.3 is 0 Å². The van der Waals surface area contributed by atoms with E-state index in [-0.39, 0.29) is 0 Å². The molecule has 1 saturated carbocycles. The number of ether oxygens (including phenoxy) is 1. The van der Waals surface area contributed by atoms with Gasteiger partial charge in [-0.1, -0.05) is 13.8 Å². The molecule has 1 aliphatic carbocycles. The van der Waals surface area contributed by atoms with Crippen molar-refractivity contribution >= 4 is 0 Å². The average Bonchev–Trinajstić information content (AvgIpc) is 3.02. The molecule has 0 amide bonds. The summed E-state index contributed by atoms with van der Waals surface area (Å²) in [6, 6.07) is 0.835. The lowest BCUT2D eigenvalue weighted by Crippen LogP contribution is -2.37. The van der Waals surface area contributed by atoms with Gasteiger partial charge in [-0.05, 0) is 50.4 Å². The van der Waals surface area contributed by atoms with Gasteiger partial charge in [0.05, 0.1) is 6.10 Å². The predicted molar refractivity (Wildman–Crippen MR) is 67.6 cm³/mol. The Balaban J connectivity index is 1.83. The zero-order valence-corrected chi connectivity index (χ0v) is 10.9. The van der Waals surface area contributed by atoms with Crippen molar-refractivity contribution < 1.29 is 4.74 Å². The number of hydrogen-bond donors (Lipinski definition) is 1. The molecule has 0 radical (unpaired) electrons. The maximum atomic E-state index is 5.81. The Morgan fingerprint density at radius 2 is 1.94 bits per heavy atom. The van der Waals surface area contributed by atoms with Crippen LogP contribution in [0.2, 0.25) is 0 Å². The summed E-state index contributed by atoms with van der Waals surface area (Å²) in [6.07, 6.45) is 9.70. The molecule has 1 saturated heterocycles. The van der Waals surface area contributed by atoms with Gasteiger partial charge in [0.25, 0.3) is 0 Å². The maximum absolute atomic E-state index is 5.81. The van der Waals surface area contributed by atoms with Gasteiger partial charge in [0.15, 0.2) is 0 Å². The van der Waals surface area contributed by atoms with E-state index in [0.29, 0.717) is 11.5 Å². The molecule has 2 aliphatic rings. The van der Waals surface area contributed by atoms with E-state index in [4.69, 9.17) is 4.74 Å². The molecule has 1 atom stereocenters. The second kappa shape index (κ2) is 5.50. The molecule has 0 aromatic heterocycles. The SMILES string of the molecule is CCC(CC)(CNC1CC1)CC1CCCO1. The predicted octanol–water partition coefficient (Wildman–Crippen LogP) is 3.11. The van der Waals surface area contributed by atoms with Crippen LogP contribution >= 0.6 is 0 Å². The third kappa shape index (κ3) is 3.21. The van der Waals surface area contributed by atoms with Crippen LogP contribution in [0.4, 0.5) is 0 Å². The smallest absolute Gasteiger partial charge is 0.0581 e. The Morgan fingerprint density at radius 3 is 2.44 bits per heavy atom. The molecule has 2 nitrogen and oxygen atoms in total. The van der Waals surface area contributed by atoms with E-state index in [1.54, 1.807) is 0 Å². The van der Waals surface area contributed by atoms with Gasteiger partial charge in [-0.2, -0.15) is 0 Å². The quantitative estimate of drug-likeness (QED) is 0.719. The lowest BCUT2D eigenvalue weighted by Gasteiger charge is -2.34. The number of rotatable bonds is 7. The van der Waals surface area contributed by atoms with Gasteiger partial charge < -0.3 is 10.1 Å². The van der Waals surface area contributed by atoms with Crippen molar-refractivity contribution in [3.8, 4) is 0 Å². The molecule has 1 aliphatic heterocycles. The largest absolute Gasteiger partial charge is 0.378 e. The Labute approximate surface area is 100 Å². The van der Waals surface area contributed by atoms with Crippen LogP contribution in [0.5, 0.6) is 0 Å². The van der Waals surface area contributed by atoms with Crippen LogP contribution < -0.4 is 5.32 Å². The van der Waals surface area contributed by atoms with Crippen molar-refractivity contribution in [2.24, 2.45) is 5.41 Å². The van der Waals surface area contributed by atoms with Gasteiger partial charge in [-0.15, -0.1) is 0 Å². The molecule has 1 unspecified atom stereocenters. The lowest BCUT2D eigenvalue weighted by atomic mass is 9.77. The van der Waals surface area contributed by atoms with Crippen molar-refractivity contribution in [2.75, 3.05) is 13.2 Å². The Bertz CT molecular complexity index is 203. The van der Waals surface area contributed by atoms with Crippen LogP contribution in [-0.4, -0.2) is 25.3 Å². The fourth-order valence-electron chi connectivity index (χ4n) is 2.80. The van der Waals surface area contributed by atoms with E-state index in [9.17, 15) is 0 Å². The van der Waals surface area contributed by atoms with Crippen molar-refractivity contribution in [3.63, 3.8) is 0 Å². The summed E-state index contributed by atoms with van der Waals surface area (Å²) in [5.74, 6) is 0. The van der Waals surface area contributed by atoms with Gasteiger partial charge in [-0.25, -0.2) is 0 Å². The zero-order valence-electron chi connectivity index (χ0n) is 10.9. The summed E-state index contributed by atoms with van der Waals surface area (Å²) >= 11 is 0. The van der Waals surface area contributed by atoms with Crippen LogP contribution in [0.15, 0.2) is 0 Å². The van der Waals surface area contributed by atoms with Gasteiger partial charge in [0.1, 0.15) is 0 Å². The molecule has 1 heterocycles. The highest BCUT2D eigenvalue weighted by Gasteiger charge is 2.33. The molecular formula is C14H27NO. The molecule has 2 fully saturated rings. The van der Waals surface area contributed by atoms with Crippen molar-refractivity contribution in [1.82, 2.24) is 5.32 Å². The molecule has 0 spiro atoms. The average molecular weight is 225 g/mol. The first-order valence-corrected chi connectivity index (χ1v) is 7.13. The van der Waals surface area contributed by atoms with E-state index in [1.165, 1.54) is 51.5 Å². The molecule has 0 aromatic rings. The van der Waals surface area contributed by atoms with E-state index in [2.05, 4.69) is 19.2 Å². The van der Waals surface area contributed by atoms with Gasteiger partial charge in [0.2, 0.25) is 0 Å². The van der Waals surface area contributed by atoms with Crippen molar-refractivity contribution in [2.45, 2.75) is 70.9 Å². The number of hydrogen-bond acceptors (Lipinski definition) is 2. The second-order valence-electron chi connectivity index (χ2n) is 5.70. The highest BCUT2D eigenvalue weighted by molar-refractivity contribution is 4.88. The molecule has 94 valence electrons. The van der Waals surface area contributed by atoms with Gasteiger partial charge in [-0.3, -0.25) is 0 Å². The van der Waals surface area contributed by atoms with E-state index in [0.717, 1.165) is 12.6 Å². The lowest BCUT2D eigenvalue weighted by molar-refractivity contribution is 0.0559. The molecular weight excluding hydrogens is 198 g/mol. The van der Waals surface area contributed by atoms with Crippen LogP contribution in [0.1, 0.15) is 58.8 Å². The zero-order chi connectivity index (χ0) is 11.4. The Kier molecular flexibility index (Phi) is 4.26. The minimum absolute atomic E-state index is 0.484. The summed E-state index contributed by atoms with van der Waals surface area (Å²) in [5, 5.41) is 3.72. The molecule has 0 aromatic carbocycles. The highest BCUT2D eigenvalue weighted by Crippen LogP contribution is 2.35. The third-order valence-corrected chi connectivity index (χ3v) is 4.53. The fourth-order valence-corrected chi connectivity index (χ4v) is 2.80. The Morgan fingerprint density at radius 1 is 1.19 bits per heavy atom. The first kappa shape index (κ1) is 12.4. The normalized spacial score (nSPS) is 26.2. The fraction of sp³-hybridized carbons (Fsp3) is 1.00. The summed E-state index contributed by atoms with van der Waals surface area (Å²) in [4.78, 5) is 0. The first-order valence-electron chi connectivity index (χ1n) is 7.13. The summed E-state index contributed by atoms with van der Waals surface area (Å²) < 4.78 is 5.81. The molecule has 1 N–H and O–H groups in total. The van der Waals surface area contributed by atoms with E-state index >= 15 is 0 Å². The standard InChI is InChI=1S/C14H27NO/c1-3-14(4-2,11-15-12-7-8-12)10-13-6-5-9-16-13/h12-13,15H,3-11H2,1-2H3. The summed E-state index contributed by atoms with van der Waals surface area (Å²) in [5.41, 5.74) is 0.484. The van der Waals surface area contributed by atoms with Crippen LogP contribution in [-0.2, 0) is 4.74 Å². The van der Waals surface area contributed by atoms with Crippen LogP contribution in [0, 0.1) is 5.41 Å². The number of nitrogens with one attached hydrogen (secondary N) is 1. The third-order valence-electron chi connectivity index (χ3n) is 4.53. The minimum atomic E-state index is 0.484. The van der Waals surface area contributed by atoms with Crippen LogP contribution in [0.25, 0.3) is 0 Å². The van der Waals surface area contributed by atoms with Crippen molar-refractivity contribution in [1.29, 1.82) is 0 Å². The van der Waals surface area contributed by atoms with Gasteiger partial charge in [0, 0.05) is 19.2 Å². The van der Waals surface area contributed by atoms with Crippen molar-refractivity contribution in [3.05, 3.63) is 0 Å². The molecule has 2 heteroatoms. The monoisotopic (exact) mass is 225 g/mol. The Hall–Kier alpha value is -0.0800. The molecule has 2 rings (SSSR count). The highest BCUT2D eigenvalue weighted by atomic mass is 16.5. The second-order valence-corrected chi connectivity index (χ2v) is 5.70. The summed E-state index contributed by atoms with van der Waals surface area (Å²) in [7, 11) is 0. The van der Waals surface area contributed by atoms with E-state index < -0.39 is 0 Å². The minimum Gasteiger partial charge on any atom is -0.378 e. The first-order chi connectivity index (χ1) is 7.78. The maximum Gasteiger partial charge on any atom is 0.0581 e. The topological polar surface area (TPSA) is 21.3 Å².